The van der Waals surface area contributed by atoms with Gasteiger partial charge in [-0.25, -0.2) is 19.2 Å². The third-order valence-corrected chi connectivity index (χ3v) is 3.82. The van der Waals surface area contributed by atoms with Gasteiger partial charge in [-0.1, -0.05) is 11.6 Å². The fourth-order valence-corrected chi connectivity index (χ4v) is 2.68. The number of nitrogens with zero attached hydrogens (tertiary/aromatic N) is 2. The van der Waals surface area contributed by atoms with E-state index in [-0.39, 0.29) is 35.2 Å². The zero-order chi connectivity index (χ0) is 13.5. The standard InChI is InChI=1S/C9H8ClN3O4S.Na.H/c1-12-8(14)11-18(16,17)13(9(12)15)7-4-2-6(10)3-5-7;;/h2-5H,1H3,(H,11,14);;. The number of carbonyl (C=O) groups is 2. The third-order valence-electron chi connectivity index (χ3n) is 2.28. The van der Waals surface area contributed by atoms with Crippen molar-refractivity contribution in [1.82, 2.24) is 9.62 Å². The van der Waals surface area contributed by atoms with Crippen LogP contribution in [0.25, 0.3) is 0 Å². The van der Waals surface area contributed by atoms with Gasteiger partial charge < -0.3 is 0 Å². The Hall–Kier alpha value is -0.800. The second-order valence-electron chi connectivity index (χ2n) is 3.49. The molecule has 1 fully saturated rings. The van der Waals surface area contributed by atoms with E-state index in [2.05, 4.69) is 0 Å². The molecule has 0 aromatic heterocycles. The number of nitrogens with one attached hydrogen (secondary N) is 1. The first-order valence-corrected chi connectivity index (χ1v) is 6.55. The Labute approximate surface area is 137 Å². The number of hydrogen-bond donors (Lipinski definition) is 1. The molecular formula is C9H9ClN3NaO4S. The molecule has 0 radical (unpaired) electrons. The number of imide groups is 1. The van der Waals surface area contributed by atoms with Crippen LogP contribution in [0.3, 0.4) is 0 Å². The van der Waals surface area contributed by atoms with Crippen molar-refractivity contribution < 1.29 is 18.0 Å². The monoisotopic (exact) mass is 313 g/mol. The molecule has 1 aromatic rings. The van der Waals surface area contributed by atoms with Gasteiger partial charge in [0.15, 0.2) is 0 Å². The Morgan fingerprint density at radius 1 is 1.16 bits per heavy atom. The van der Waals surface area contributed by atoms with Crippen molar-refractivity contribution in [2.24, 2.45) is 0 Å². The Kier molecular flexibility index (Phi) is 4.86. The van der Waals surface area contributed by atoms with Crippen molar-refractivity contribution in [3.05, 3.63) is 29.3 Å². The number of rotatable bonds is 1. The van der Waals surface area contributed by atoms with Crippen molar-refractivity contribution in [3.63, 3.8) is 0 Å². The summed E-state index contributed by atoms with van der Waals surface area (Å²) in [4.78, 5) is 23.7. The van der Waals surface area contributed by atoms with E-state index < -0.39 is 22.3 Å². The summed E-state index contributed by atoms with van der Waals surface area (Å²) in [7, 11) is -3.05. The van der Waals surface area contributed by atoms with Crippen LogP contribution in [0.1, 0.15) is 0 Å². The molecular weight excluding hydrogens is 305 g/mol. The van der Waals surface area contributed by atoms with Gasteiger partial charge in [0, 0.05) is 12.1 Å². The molecule has 4 amide bonds. The fourth-order valence-electron chi connectivity index (χ4n) is 1.38. The summed E-state index contributed by atoms with van der Waals surface area (Å²) in [6, 6.07) is 3.66. The van der Waals surface area contributed by atoms with Crippen LogP contribution in [-0.2, 0) is 10.2 Å². The zero-order valence-corrected chi connectivity index (χ0v) is 10.7. The van der Waals surface area contributed by atoms with Gasteiger partial charge in [-0.05, 0) is 24.3 Å². The van der Waals surface area contributed by atoms with Crippen LogP contribution in [0.2, 0.25) is 5.02 Å². The van der Waals surface area contributed by atoms with E-state index in [1.165, 1.54) is 31.3 Å². The van der Waals surface area contributed by atoms with Crippen molar-refractivity contribution in [3.8, 4) is 0 Å². The number of benzene rings is 1. The first-order valence-electron chi connectivity index (χ1n) is 4.73. The van der Waals surface area contributed by atoms with Gasteiger partial charge >= 0.3 is 51.8 Å². The van der Waals surface area contributed by atoms with Gasteiger partial charge in [-0.2, -0.15) is 12.7 Å². The van der Waals surface area contributed by atoms with Crippen LogP contribution in [0.15, 0.2) is 24.3 Å². The van der Waals surface area contributed by atoms with Gasteiger partial charge in [0.25, 0.3) is 0 Å². The van der Waals surface area contributed by atoms with Gasteiger partial charge in [-0.15, -0.1) is 0 Å². The number of urea groups is 2. The Balaban J connectivity index is 0.00000180. The maximum absolute atomic E-state index is 11.8. The first kappa shape index (κ1) is 16.3. The maximum atomic E-state index is 11.8. The SMILES string of the molecule is CN1C(=O)NS(=O)(=O)N(c2ccc(Cl)cc2)C1=O.[NaH]. The third kappa shape index (κ3) is 3.03. The molecule has 1 saturated heterocycles. The summed E-state index contributed by atoms with van der Waals surface area (Å²) in [6.45, 7) is 0. The summed E-state index contributed by atoms with van der Waals surface area (Å²) >= 11 is 5.68. The van der Waals surface area contributed by atoms with Gasteiger partial charge in [0.2, 0.25) is 0 Å². The number of halogens is 1. The summed E-state index contributed by atoms with van der Waals surface area (Å²) in [6.07, 6.45) is 0. The van der Waals surface area contributed by atoms with Gasteiger partial charge in [-0.3, -0.25) is 0 Å². The average molecular weight is 314 g/mol. The minimum absolute atomic E-state index is 0. The molecule has 7 nitrogen and oxygen atoms in total. The predicted octanol–water partition coefficient (Wildman–Crippen LogP) is 0.518. The fraction of sp³-hybridized carbons (Fsp3) is 0.111. The van der Waals surface area contributed by atoms with Crippen LogP contribution < -0.4 is 9.03 Å². The van der Waals surface area contributed by atoms with Crippen molar-refractivity contribution in [2.45, 2.75) is 0 Å². The molecule has 0 saturated carbocycles. The Morgan fingerprint density at radius 3 is 2.21 bits per heavy atom. The van der Waals surface area contributed by atoms with Crippen LogP contribution >= 0.6 is 11.6 Å². The molecule has 0 spiro atoms. The molecule has 19 heavy (non-hydrogen) atoms. The summed E-state index contributed by atoms with van der Waals surface area (Å²) in [5.41, 5.74) is 0.0938. The van der Waals surface area contributed by atoms with E-state index in [0.29, 0.717) is 14.2 Å². The number of anilines is 1. The molecule has 1 aliphatic heterocycles. The van der Waals surface area contributed by atoms with E-state index >= 15 is 0 Å². The van der Waals surface area contributed by atoms with Crippen LogP contribution in [0, 0.1) is 0 Å². The van der Waals surface area contributed by atoms with E-state index in [1.54, 1.807) is 4.72 Å². The quantitative estimate of drug-likeness (QED) is 0.766. The van der Waals surface area contributed by atoms with E-state index in [9.17, 15) is 18.0 Å². The van der Waals surface area contributed by atoms with E-state index in [4.69, 9.17) is 11.6 Å². The van der Waals surface area contributed by atoms with Crippen molar-refractivity contribution >= 4 is 69.1 Å². The van der Waals surface area contributed by atoms with Crippen LogP contribution in [0.5, 0.6) is 0 Å². The molecule has 98 valence electrons. The predicted molar refractivity (Wildman–Crippen MR) is 71.7 cm³/mol. The molecule has 10 heteroatoms. The van der Waals surface area contributed by atoms with Crippen molar-refractivity contribution in [1.29, 1.82) is 0 Å². The molecule has 1 N–H and O–H groups in total. The Bertz CT molecular complexity index is 619. The number of amides is 4. The average Bonchev–Trinajstić information content (AvgIpc) is 2.28. The summed E-state index contributed by atoms with van der Waals surface area (Å²) in [5, 5.41) is 0.401. The first-order chi connectivity index (χ1) is 8.33. The normalized spacial score (nSPS) is 17.8. The zero-order valence-electron chi connectivity index (χ0n) is 9.12. The van der Waals surface area contributed by atoms with Crippen molar-refractivity contribution in [2.75, 3.05) is 11.4 Å². The minimum atomic E-state index is -4.22. The molecule has 0 atom stereocenters. The second kappa shape index (κ2) is 5.68. The van der Waals surface area contributed by atoms with Gasteiger partial charge in [0.05, 0.1) is 5.69 Å². The molecule has 0 bridgehead atoms. The molecule has 1 heterocycles. The molecule has 1 aliphatic rings. The van der Waals surface area contributed by atoms with Crippen LogP contribution in [-0.4, -0.2) is 62.0 Å². The molecule has 0 aliphatic carbocycles. The van der Waals surface area contributed by atoms with E-state index in [0.717, 1.165) is 0 Å². The van der Waals surface area contributed by atoms with Gasteiger partial charge in [0.1, 0.15) is 0 Å². The molecule has 2 rings (SSSR count). The number of hydrogen-bond acceptors (Lipinski definition) is 4. The van der Waals surface area contributed by atoms with Crippen LogP contribution in [0.4, 0.5) is 15.3 Å². The summed E-state index contributed by atoms with van der Waals surface area (Å²) < 4.78 is 25.7. The topological polar surface area (TPSA) is 86.8 Å². The van der Waals surface area contributed by atoms with E-state index in [1.807, 2.05) is 0 Å². The Morgan fingerprint density at radius 2 is 1.68 bits per heavy atom. The summed E-state index contributed by atoms with van der Waals surface area (Å²) in [5.74, 6) is 0. The second-order valence-corrected chi connectivity index (χ2v) is 5.45. The molecule has 0 unspecified atom stereocenters. The molecule has 1 aromatic carbocycles. The number of carbonyl (C=O) groups excluding carboxylic acids is 2.